The first-order valence-corrected chi connectivity index (χ1v) is 9.99. The summed E-state index contributed by atoms with van der Waals surface area (Å²) in [4.78, 5) is 24.8. The zero-order chi connectivity index (χ0) is 20.2. The van der Waals surface area contributed by atoms with Gasteiger partial charge in [-0.1, -0.05) is 17.7 Å². The number of hydrogen-bond acceptors (Lipinski definition) is 5. The summed E-state index contributed by atoms with van der Waals surface area (Å²) < 4.78 is 5.27. The number of amides is 1. The first kappa shape index (κ1) is 19.7. The van der Waals surface area contributed by atoms with Gasteiger partial charge < -0.3 is 15.0 Å². The molecular weight excluding hydrogens is 390 g/mol. The number of methoxy groups -OCH3 is 1. The van der Waals surface area contributed by atoms with E-state index in [2.05, 4.69) is 25.1 Å². The molecule has 7 nitrogen and oxygen atoms in total. The molecule has 1 amide bonds. The smallest absolute Gasteiger partial charge is 0.238 e. The lowest BCUT2D eigenvalue weighted by molar-refractivity contribution is -0.117. The number of aromatic amines is 1. The molecule has 0 spiro atoms. The molecule has 0 saturated carbocycles. The summed E-state index contributed by atoms with van der Waals surface area (Å²) in [6.07, 6.45) is 0. The van der Waals surface area contributed by atoms with Gasteiger partial charge in [-0.05, 0) is 30.3 Å². The van der Waals surface area contributed by atoms with Crippen LogP contribution in [0.25, 0.3) is 11.0 Å². The van der Waals surface area contributed by atoms with Crippen molar-refractivity contribution in [2.24, 2.45) is 0 Å². The van der Waals surface area contributed by atoms with Crippen LogP contribution in [0, 0.1) is 0 Å². The van der Waals surface area contributed by atoms with Crippen LogP contribution < -0.4 is 10.1 Å². The highest BCUT2D eigenvalue weighted by atomic mass is 35.5. The molecule has 4 rings (SSSR count). The highest BCUT2D eigenvalue weighted by molar-refractivity contribution is 6.30. The van der Waals surface area contributed by atoms with Gasteiger partial charge in [0, 0.05) is 43.0 Å². The summed E-state index contributed by atoms with van der Waals surface area (Å²) in [5.41, 5.74) is 2.65. The molecule has 0 atom stereocenters. The molecular formula is C21H24ClN5O2. The Labute approximate surface area is 174 Å². The van der Waals surface area contributed by atoms with Gasteiger partial charge in [0.05, 0.1) is 31.2 Å². The van der Waals surface area contributed by atoms with Gasteiger partial charge in [0.15, 0.2) is 0 Å². The Morgan fingerprint density at radius 2 is 1.97 bits per heavy atom. The van der Waals surface area contributed by atoms with Gasteiger partial charge in [0.1, 0.15) is 11.6 Å². The van der Waals surface area contributed by atoms with Crippen LogP contribution in [0.4, 0.5) is 5.69 Å². The number of carbonyl (C=O) groups is 1. The van der Waals surface area contributed by atoms with Crippen molar-refractivity contribution in [1.29, 1.82) is 0 Å². The number of H-pyrrole nitrogens is 1. The molecule has 2 heterocycles. The Bertz CT molecular complexity index is 998. The molecule has 29 heavy (non-hydrogen) atoms. The van der Waals surface area contributed by atoms with Crippen molar-refractivity contribution in [3.8, 4) is 5.75 Å². The quantitative estimate of drug-likeness (QED) is 0.650. The average molecular weight is 414 g/mol. The van der Waals surface area contributed by atoms with Gasteiger partial charge in [-0.2, -0.15) is 0 Å². The minimum absolute atomic E-state index is 0.0213. The predicted octanol–water partition coefficient (Wildman–Crippen LogP) is 2.98. The van der Waals surface area contributed by atoms with Crippen molar-refractivity contribution in [1.82, 2.24) is 19.8 Å². The Kier molecular flexibility index (Phi) is 5.99. The zero-order valence-corrected chi connectivity index (χ0v) is 17.1. The maximum atomic E-state index is 12.3. The molecule has 8 heteroatoms. The number of piperazine rings is 1. The number of benzene rings is 2. The van der Waals surface area contributed by atoms with Crippen LogP contribution in [0.15, 0.2) is 42.5 Å². The summed E-state index contributed by atoms with van der Waals surface area (Å²) >= 11 is 5.96. The SMILES string of the molecule is COc1ccc2nc(CN3CCN(CC(=O)Nc4cccc(Cl)c4)CC3)[nH]c2c1. The van der Waals surface area contributed by atoms with Crippen LogP contribution in [-0.2, 0) is 11.3 Å². The molecule has 0 unspecified atom stereocenters. The first-order valence-electron chi connectivity index (χ1n) is 9.62. The number of hydrogen-bond donors (Lipinski definition) is 2. The Morgan fingerprint density at radius 1 is 1.17 bits per heavy atom. The fourth-order valence-electron chi connectivity index (χ4n) is 3.53. The van der Waals surface area contributed by atoms with Crippen LogP contribution in [-0.4, -0.2) is 65.5 Å². The first-order chi connectivity index (χ1) is 14.1. The van der Waals surface area contributed by atoms with Gasteiger partial charge in [-0.15, -0.1) is 0 Å². The standard InChI is InChI=1S/C21H24ClN5O2/c1-29-17-5-6-18-19(12-17)25-20(24-18)13-26-7-9-27(10-8-26)14-21(28)23-16-4-2-3-15(22)11-16/h2-6,11-12H,7-10,13-14H2,1H3,(H,23,28)(H,24,25). The van der Waals surface area contributed by atoms with Crippen molar-refractivity contribution >= 4 is 34.2 Å². The van der Waals surface area contributed by atoms with Gasteiger partial charge in [0.2, 0.25) is 5.91 Å². The number of fused-ring (bicyclic) bond motifs is 1. The van der Waals surface area contributed by atoms with E-state index in [1.54, 1.807) is 19.2 Å². The van der Waals surface area contributed by atoms with Crippen LogP contribution in [0.3, 0.4) is 0 Å². The minimum atomic E-state index is -0.0213. The molecule has 3 aromatic rings. The van der Waals surface area contributed by atoms with E-state index in [9.17, 15) is 4.79 Å². The molecule has 0 bridgehead atoms. The third kappa shape index (κ3) is 5.06. The lowest BCUT2D eigenvalue weighted by atomic mass is 10.3. The van der Waals surface area contributed by atoms with E-state index < -0.39 is 0 Å². The number of nitrogens with zero attached hydrogens (tertiary/aromatic N) is 3. The fraction of sp³-hybridized carbons (Fsp3) is 0.333. The number of rotatable bonds is 6. The van der Waals surface area contributed by atoms with E-state index in [1.807, 2.05) is 30.3 Å². The fourth-order valence-corrected chi connectivity index (χ4v) is 3.72. The number of halogens is 1. The van der Waals surface area contributed by atoms with Crippen molar-refractivity contribution in [2.75, 3.05) is 45.2 Å². The van der Waals surface area contributed by atoms with E-state index in [0.29, 0.717) is 11.6 Å². The Morgan fingerprint density at radius 3 is 2.72 bits per heavy atom. The average Bonchev–Trinajstić information content (AvgIpc) is 3.10. The van der Waals surface area contributed by atoms with Crippen LogP contribution in [0.5, 0.6) is 5.75 Å². The van der Waals surface area contributed by atoms with Crippen molar-refractivity contribution in [2.45, 2.75) is 6.54 Å². The van der Waals surface area contributed by atoms with Crippen LogP contribution >= 0.6 is 11.6 Å². The van der Waals surface area contributed by atoms with Gasteiger partial charge >= 0.3 is 0 Å². The second-order valence-corrected chi connectivity index (χ2v) is 7.61. The lowest BCUT2D eigenvalue weighted by Crippen LogP contribution is -2.48. The second-order valence-electron chi connectivity index (χ2n) is 7.18. The van der Waals surface area contributed by atoms with Gasteiger partial charge in [-0.25, -0.2) is 4.98 Å². The Balaban J connectivity index is 1.26. The summed E-state index contributed by atoms with van der Waals surface area (Å²) in [5.74, 6) is 1.74. The number of aromatic nitrogens is 2. The van der Waals surface area contributed by atoms with E-state index in [0.717, 1.165) is 61.0 Å². The summed E-state index contributed by atoms with van der Waals surface area (Å²) in [7, 11) is 1.66. The molecule has 1 aliphatic rings. The summed E-state index contributed by atoms with van der Waals surface area (Å²) in [6, 6.07) is 13.0. The number of nitrogens with one attached hydrogen (secondary N) is 2. The van der Waals surface area contributed by atoms with Gasteiger partial charge in [0.25, 0.3) is 0 Å². The van der Waals surface area contributed by atoms with E-state index in [1.165, 1.54) is 0 Å². The predicted molar refractivity (Wildman–Crippen MR) is 114 cm³/mol. The highest BCUT2D eigenvalue weighted by Gasteiger charge is 2.20. The molecule has 0 radical (unpaired) electrons. The third-order valence-corrected chi connectivity index (χ3v) is 5.29. The van der Waals surface area contributed by atoms with Crippen molar-refractivity contribution in [3.63, 3.8) is 0 Å². The van der Waals surface area contributed by atoms with Gasteiger partial charge in [-0.3, -0.25) is 14.6 Å². The molecule has 0 aliphatic carbocycles. The number of ether oxygens (including phenoxy) is 1. The minimum Gasteiger partial charge on any atom is -0.497 e. The normalized spacial score (nSPS) is 15.5. The largest absolute Gasteiger partial charge is 0.497 e. The molecule has 2 aromatic carbocycles. The number of imidazole rings is 1. The second kappa shape index (κ2) is 8.82. The Hall–Kier alpha value is -2.61. The molecule has 1 saturated heterocycles. The number of carbonyl (C=O) groups excluding carboxylic acids is 1. The zero-order valence-electron chi connectivity index (χ0n) is 16.3. The monoisotopic (exact) mass is 413 g/mol. The molecule has 1 aromatic heterocycles. The summed E-state index contributed by atoms with van der Waals surface area (Å²) in [6.45, 7) is 4.62. The maximum absolute atomic E-state index is 12.3. The van der Waals surface area contributed by atoms with Crippen molar-refractivity contribution < 1.29 is 9.53 Å². The highest BCUT2D eigenvalue weighted by Crippen LogP contribution is 2.19. The van der Waals surface area contributed by atoms with E-state index in [-0.39, 0.29) is 5.91 Å². The third-order valence-electron chi connectivity index (χ3n) is 5.05. The van der Waals surface area contributed by atoms with E-state index >= 15 is 0 Å². The lowest BCUT2D eigenvalue weighted by Gasteiger charge is -2.33. The number of anilines is 1. The van der Waals surface area contributed by atoms with E-state index in [4.69, 9.17) is 16.3 Å². The molecule has 152 valence electrons. The summed E-state index contributed by atoms with van der Waals surface area (Å²) in [5, 5.41) is 3.51. The van der Waals surface area contributed by atoms with Crippen molar-refractivity contribution in [3.05, 3.63) is 53.3 Å². The topological polar surface area (TPSA) is 73.5 Å². The maximum Gasteiger partial charge on any atom is 0.238 e. The molecule has 1 aliphatic heterocycles. The molecule has 1 fully saturated rings. The molecule has 2 N–H and O–H groups in total. The van der Waals surface area contributed by atoms with Crippen LogP contribution in [0.2, 0.25) is 5.02 Å². The van der Waals surface area contributed by atoms with Crippen LogP contribution in [0.1, 0.15) is 5.82 Å².